The van der Waals surface area contributed by atoms with E-state index < -0.39 is 0 Å². The lowest BCUT2D eigenvalue weighted by molar-refractivity contribution is 0.160. The Morgan fingerprint density at radius 1 is 1.18 bits per heavy atom. The van der Waals surface area contributed by atoms with Crippen LogP contribution in [0.2, 0.25) is 0 Å². The maximum absolute atomic E-state index is 13.2. The Bertz CT molecular complexity index is 1220. The number of carbonyl (C=O) groups is 1. The normalized spacial score (nSPS) is 19.7. The molecular weight excluding hydrogens is 432 g/mol. The molecule has 3 aliphatic heterocycles. The number of pyridine rings is 1. The van der Waals surface area contributed by atoms with Crippen LogP contribution in [0.4, 0.5) is 9.93 Å². The second-order valence-corrected chi connectivity index (χ2v) is 9.80. The fourth-order valence-electron chi connectivity index (χ4n) is 4.79. The number of rotatable bonds is 3. The first-order valence-electron chi connectivity index (χ1n) is 11.3. The third-order valence-electron chi connectivity index (χ3n) is 6.30. The minimum absolute atomic E-state index is 0.0897. The molecule has 3 aliphatic rings. The molecule has 3 saturated heterocycles. The van der Waals surface area contributed by atoms with Crippen LogP contribution >= 0.6 is 11.3 Å². The smallest absolute Gasteiger partial charge is 0.319 e. The van der Waals surface area contributed by atoms with E-state index in [0.29, 0.717) is 16.7 Å². The lowest BCUT2D eigenvalue weighted by Crippen LogP contribution is -2.57. The number of hydrogen-bond donors (Lipinski definition) is 2. The number of urea groups is 1. The van der Waals surface area contributed by atoms with Crippen LogP contribution in [0.1, 0.15) is 36.2 Å². The molecule has 2 amide bonds. The number of fused-ring (bicyclic) bond motifs is 4. The van der Waals surface area contributed by atoms with Gasteiger partial charge in [0.15, 0.2) is 5.13 Å². The van der Waals surface area contributed by atoms with Crippen molar-refractivity contribution in [1.29, 1.82) is 5.26 Å². The van der Waals surface area contributed by atoms with Crippen LogP contribution in [-0.2, 0) is 0 Å². The number of aryl methyl sites for hydroxylation is 2. The van der Waals surface area contributed by atoms with E-state index in [1.165, 1.54) is 11.3 Å². The van der Waals surface area contributed by atoms with Crippen molar-refractivity contribution >= 4 is 22.5 Å². The van der Waals surface area contributed by atoms with Crippen molar-refractivity contribution in [2.24, 2.45) is 0 Å². The number of nitrogens with one attached hydrogen (secondary N) is 2. The zero-order chi connectivity index (χ0) is 22.9. The molecule has 2 N–H and O–H groups in total. The van der Waals surface area contributed by atoms with Crippen LogP contribution in [0.25, 0.3) is 21.7 Å². The Morgan fingerprint density at radius 3 is 2.79 bits per heavy atom. The van der Waals surface area contributed by atoms with Crippen LogP contribution in [0, 0.1) is 25.2 Å². The highest BCUT2D eigenvalue weighted by molar-refractivity contribution is 7.19. The monoisotopic (exact) mass is 458 g/mol. The van der Waals surface area contributed by atoms with Gasteiger partial charge in [-0.15, -0.1) is 0 Å². The lowest BCUT2D eigenvalue weighted by Gasteiger charge is -2.37. The van der Waals surface area contributed by atoms with Gasteiger partial charge in [0.25, 0.3) is 0 Å². The standard InChI is InChI=1S/C25H26N6OS/c1-15-9-19(10-16(2)28-15)23-22(18-6-3-5-17(11-18)12-26)29-24(33-23)30-25(32)31-14-20-7-4-8-21(31)13-27-20/h3,5-6,9-11,20-21,27H,4,7-8,13-14H2,1-2H3,(H,29,30,32). The van der Waals surface area contributed by atoms with E-state index in [0.717, 1.165) is 65.4 Å². The molecule has 3 fully saturated rings. The third kappa shape index (κ3) is 4.47. The molecule has 3 aromatic rings. The average Bonchev–Trinajstić information content (AvgIpc) is 2.96. The van der Waals surface area contributed by atoms with Gasteiger partial charge >= 0.3 is 6.03 Å². The molecule has 8 heteroatoms. The predicted molar refractivity (Wildman–Crippen MR) is 130 cm³/mol. The van der Waals surface area contributed by atoms with E-state index in [1.807, 2.05) is 49.1 Å². The Balaban J connectivity index is 1.51. The van der Waals surface area contributed by atoms with E-state index in [2.05, 4.69) is 21.7 Å². The number of aromatic nitrogens is 2. The number of nitrogens with zero attached hydrogens (tertiary/aromatic N) is 4. The van der Waals surface area contributed by atoms with E-state index in [9.17, 15) is 10.1 Å². The molecular formula is C25H26N6OS. The minimum atomic E-state index is -0.0897. The van der Waals surface area contributed by atoms with Gasteiger partial charge in [0.05, 0.1) is 22.2 Å². The Kier molecular flexibility index (Phi) is 5.83. The first-order chi connectivity index (χ1) is 16.0. The fourth-order valence-corrected chi connectivity index (χ4v) is 5.76. The van der Waals surface area contributed by atoms with Gasteiger partial charge in [0.1, 0.15) is 0 Å². The molecule has 168 valence electrons. The first kappa shape index (κ1) is 21.6. The highest BCUT2D eigenvalue weighted by Crippen LogP contribution is 2.40. The molecule has 5 heterocycles. The van der Waals surface area contributed by atoms with E-state index in [1.54, 1.807) is 6.07 Å². The summed E-state index contributed by atoms with van der Waals surface area (Å²) in [7, 11) is 0. The van der Waals surface area contributed by atoms with Crippen LogP contribution < -0.4 is 10.6 Å². The quantitative estimate of drug-likeness (QED) is 0.592. The number of carbonyl (C=O) groups excluding carboxylic acids is 1. The molecule has 1 aromatic carbocycles. The maximum atomic E-state index is 13.2. The summed E-state index contributed by atoms with van der Waals surface area (Å²) in [4.78, 5) is 25.5. The van der Waals surface area contributed by atoms with Gasteiger partial charge in [0, 0.05) is 42.1 Å². The van der Waals surface area contributed by atoms with E-state index in [-0.39, 0.29) is 12.1 Å². The van der Waals surface area contributed by atoms with Crippen molar-refractivity contribution in [1.82, 2.24) is 20.2 Å². The number of amides is 2. The molecule has 0 spiro atoms. The average molecular weight is 459 g/mol. The summed E-state index contributed by atoms with van der Waals surface area (Å²) in [6, 6.07) is 14.2. The summed E-state index contributed by atoms with van der Waals surface area (Å²) in [5.41, 5.74) is 5.05. The summed E-state index contributed by atoms with van der Waals surface area (Å²) in [6.45, 7) is 5.52. The van der Waals surface area contributed by atoms with Crippen LogP contribution in [0.3, 0.4) is 0 Å². The van der Waals surface area contributed by atoms with E-state index >= 15 is 0 Å². The molecule has 7 nitrogen and oxygen atoms in total. The highest BCUT2D eigenvalue weighted by Gasteiger charge is 2.34. The summed E-state index contributed by atoms with van der Waals surface area (Å²) in [5.74, 6) is 0. The Labute approximate surface area is 197 Å². The number of hydrogen-bond acceptors (Lipinski definition) is 6. The first-order valence-corrected chi connectivity index (χ1v) is 12.1. The molecule has 0 saturated carbocycles. The van der Waals surface area contributed by atoms with Crippen molar-refractivity contribution < 1.29 is 4.79 Å². The minimum Gasteiger partial charge on any atom is -0.319 e. The zero-order valence-corrected chi connectivity index (χ0v) is 19.6. The fraction of sp³-hybridized carbons (Fsp3) is 0.360. The van der Waals surface area contributed by atoms with Crippen molar-refractivity contribution in [3.05, 3.63) is 53.3 Å². The van der Waals surface area contributed by atoms with Gasteiger partial charge < -0.3 is 10.2 Å². The Hall–Kier alpha value is -3.28. The number of piperazine rings is 1. The van der Waals surface area contributed by atoms with Crippen LogP contribution in [-0.4, -0.2) is 46.1 Å². The van der Waals surface area contributed by atoms with Gasteiger partial charge in [-0.25, -0.2) is 9.78 Å². The molecule has 33 heavy (non-hydrogen) atoms. The highest BCUT2D eigenvalue weighted by atomic mass is 32.1. The largest absolute Gasteiger partial charge is 0.323 e. The van der Waals surface area contributed by atoms with Crippen molar-refractivity contribution in [3.63, 3.8) is 0 Å². The van der Waals surface area contributed by atoms with Crippen molar-refractivity contribution in [2.75, 3.05) is 18.4 Å². The summed E-state index contributed by atoms with van der Waals surface area (Å²) < 4.78 is 0. The van der Waals surface area contributed by atoms with Gasteiger partial charge in [0.2, 0.25) is 0 Å². The predicted octanol–water partition coefficient (Wildman–Crippen LogP) is 4.72. The van der Waals surface area contributed by atoms with Gasteiger partial charge in [-0.05, 0) is 62.9 Å². The summed E-state index contributed by atoms with van der Waals surface area (Å²) in [5, 5.41) is 16.5. The van der Waals surface area contributed by atoms with Gasteiger partial charge in [-0.2, -0.15) is 5.26 Å². The second-order valence-electron chi connectivity index (χ2n) is 8.80. The third-order valence-corrected chi connectivity index (χ3v) is 7.32. The molecule has 0 radical (unpaired) electrons. The molecule has 2 bridgehead atoms. The van der Waals surface area contributed by atoms with E-state index in [4.69, 9.17) is 4.98 Å². The summed E-state index contributed by atoms with van der Waals surface area (Å²) >= 11 is 1.46. The molecule has 2 unspecified atom stereocenters. The molecule has 2 atom stereocenters. The molecule has 6 rings (SSSR count). The second kappa shape index (κ2) is 8.93. The molecule has 2 aromatic heterocycles. The molecule has 0 aliphatic carbocycles. The number of nitriles is 1. The SMILES string of the molecule is Cc1cc(-c2sc(NC(=O)N3CC4CCCC3CN4)nc2-c2cccc(C#N)c2)cc(C)n1. The number of thiazole rings is 1. The van der Waals surface area contributed by atoms with Crippen molar-refractivity contribution in [2.45, 2.75) is 45.2 Å². The topological polar surface area (TPSA) is 93.9 Å². The van der Waals surface area contributed by atoms with Crippen LogP contribution in [0.15, 0.2) is 36.4 Å². The number of benzene rings is 1. The van der Waals surface area contributed by atoms with Gasteiger partial charge in [-0.1, -0.05) is 23.5 Å². The zero-order valence-electron chi connectivity index (χ0n) is 18.8. The number of anilines is 1. The summed E-state index contributed by atoms with van der Waals surface area (Å²) in [6.07, 6.45) is 3.29. The lowest BCUT2D eigenvalue weighted by atomic mass is 10.0. The van der Waals surface area contributed by atoms with Gasteiger partial charge in [-0.3, -0.25) is 10.3 Å². The maximum Gasteiger partial charge on any atom is 0.323 e. The van der Waals surface area contributed by atoms with Crippen LogP contribution in [0.5, 0.6) is 0 Å². The van der Waals surface area contributed by atoms with Crippen molar-refractivity contribution in [3.8, 4) is 27.8 Å². The Morgan fingerprint density at radius 2 is 2.00 bits per heavy atom.